The summed E-state index contributed by atoms with van der Waals surface area (Å²) in [5.74, 6) is 1.25. The average molecular weight is 396 g/mol. The quantitative estimate of drug-likeness (QED) is 0.744. The molecular formula is C23H28N2O4. The zero-order chi connectivity index (χ0) is 20.8. The van der Waals surface area contributed by atoms with Gasteiger partial charge in [0.05, 0.1) is 0 Å². The van der Waals surface area contributed by atoms with Crippen LogP contribution in [0.3, 0.4) is 0 Å². The molecule has 1 N–H and O–H groups in total. The van der Waals surface area contributed by atoms with Gasteiger partial charge in [-0.25, -0.2) is 0 Å². The van der Waals surface area contributed by atoms with Crippen molar-refractivity contribution in [2.75, 3.05) is 13.8 Å². The van der Waals surface area contributed by atoms with Gasteiger partial charge in [0.25, 0.3) is 0 Å². The van der Waals surface area contributed by atoms with Crippen LogP contribution in [-0.2, 0) is 22.6 Å². The van der Waals surface area contributed by atoms with E-state index in [9.17, 15) is 9.59 Å². The van der Waals surface area contributed by atoms with E-state index >= 15 is 0 Å². The Labute approximate surface area is 171 Å². The summed E-state index contributed by atoms with van der Waals surface area (Å²) in [6.07, 6.45) is 1.45. The number of amides is 2. The van der Waals surface area contributed by atoms with Gasteiger partial charge in [0.15, 0.2) is 11.5 Å². The van der Waals surface area contributed by atoms with Crippen molar-refractivity contribution in [3.63, 3.8) is 0 Å². The number of nitrogens with zero attached hydrogens (tertiary/aromatic N) is 1. The number of benzene rings is 2. The zero-order valence-electron chi connectivity index (χ0n) is 17.2. The van der Waals surface area contributed by atoms with E-state index in [0.717, 1.165) is 22.4 Å². The highest BCUT2D eigenvalue weighted by molar-refractivity contribution is 5.87. The van der Waals surface area contributed by atoms with Gasteiger partial charge in [-0.15, -0.1) is 0 Å². The van der Waals surface area contributed by atoms with Crippen molar-refractivity contribution in [3.05, 3.63) is 59.2 Å². The first-order valence-corrected chi connectivity index (χ1v) is 9.97. The predicted octanol–water partition coefficient (Wildman–Crippen LogP) is 3.21. The minimum absolute atomic E-state index is 0.0429. The molecule has 6 heteroatoms. The molecule has 0 aliphatic carbocycles. The number of nitrogens with one attached hydrogen (secondary N) is 1. The maximum absolute atomic E-state index is 13.1. The van der Waals surface area contributed by atoms with Crippen LogP contribution in [0.15, 0.2) is 42.5 Å². The van der Waals surface area contributed by atoms with E-state index in [4.69, 9.17) is 9.47 Å². The topological polar surface area (TPSA) is 67.9 Å². The van der Waals surface area contributed by atoms with Gasteiger partial charge in [0.1, 0.15) is 6.04 Å². The molecule has 0 spiro atoms. The monoisotopic (exact) mass is 396 g/mol. The van der Waals surface area contributed by atoms with Gasteiger partial charge in [-0.2, -0.15) is 0 Å². The van der Waals surface area contributed by atoms with E-state index in [1.54, 1.807) is 11.9 Å². The molecule has 2 aromatic carbocycles. The maximum atomic E-state index is 13.1. The van der Waals surface area contributed by atoms with Crippen LogP contribution in [0.5, 0.6) is 11.5 Å². The molecule has 1 atom stereocenters. The lowest BCUT2D eigenvalue weighted by molar-refractivity contribution is -0.141. The number of carbonyl (C=O) groups is 2. The fourth-order valence-corrected chi connectivity index (χ4v) is 3.47. The Balaban J connectivity index is 1.73. The third-order valence-corrected chi connectivity index (χ3v) is 5.17. The zero-order valence-corrected chi connectivity index (χ0v) is 17.2. The lowest BCUT2D eigenvalue weighted by Crippen LogP contribution is -2.48. The van der Waals surface area contributed by atoms with Gasteiger partial charge in [-0.1, -0.05) is 42.8 Å². The smallest absolute Gasteiger partial charge is 0.242 e. The molecule has 0 unspecified atom stereocenters. The summed E-state index contributed by atoms with van der Waals surface area (Å²) in [4.78, 5) is 27.2. The normalized spacial score (nSPS) is 13.1. The van der Waals surface area contributed by atoms with E-state index in [2.05, 4.69) is 5.32 Å². The van der Waals surface area contributed by atoms with Crippen LogP contribution < -0.4 is 14.8 Å². The fraction of sp³-hybridized carbons (Fsp3) is 0.391. The van der Waals surface area contributed by atoms with Gasteiger partial charge in [-0.3, -0.25) is 9.59 Å². The van der Waals surface area contributed by atoms with E-state index in [1.165, 1.54) is 0 Å². The molecule has 2 amide bonds. The number of rotatable bonds is 8. The average Bonchev–Trinajstić information content (AvgIpc) is 3.21. The van der Waals surface area contributed by atoms with Gasteiger partial charge < -0.3 is 19.7 Å². The maximum Gasteiger partial charge on any atom is 0.242 e. The molecular weight excluding hydrogens is 368 g/mol. The molecule has 0 bridgehead atoms. The van der Waals surface area contributed by atoms with Crippen molar-refractivity contribution < 1.29 is 19.1 Å². The Kier molecular flexibility index (Phi) is 6.75. The lowest BCUT2D eigenvalue weighted by Gasteiger charge is -2.30. The Morgan fingerprint density at radius 2 is 1.76 bits per heavy atom. The molecule has 0 fully saturated rings. The van der Waals surface area contributed by atoms with Crippen LogP contribution in [-0.4, -0.2) is 36.6 Å². The van der Waals surface area contributed by atoms with Crippen molar-refractivity contribution in [3.8, 4) is 11.5 Å². The van der Waals surface area contributed by atoms with Gasteiger partial charge in [0.2, 0.25) is 18.6 Å². The number of likely N-dealkylation sites (N-methyl/N-ethyl adjacent to an activating group) is 1. The number of hydrogen-bond donors (Lipinski definition) is 1. The molecule has 1 aliphatic heterocycles. The lowest BCUT2D eigenvalue weighted by atomic mass is 10.1. The van der Waals surface area contributed by atoms with E-state index in [1.807, 2.05) is 56.3 Å². The molecule has 0 saturated heterocycles. The highest BCUT2D eigenvalue weighted by Gasteiger charge is 2.27. The second-order valence-corrected chi connectivity index (χ2v) is 7.23. The van der Waals surface area contributed by atoms with Gasteiger partial charge in [-0.05, 0) is 43.0 Å². The van der Waals surface area contributed by atoms with Crippen molar-refractivity contribution in [1.82, 2.24) is 10.2 Å². The second-order valence-electron chi connectivity index (χ2n) is 7.23. The summed E-state index contributed by atoms with van der Waals surface area (Å²) in [6.45, 7) is 4.59. The van der Waals surface area contributed by atoms with Crippen molar-refractivity contribution in [2.45, 2.75) is 45.7 Å². The van der Waals surface area contributed by atoms with Crippen LogP contribution in [0.25, 0.3) is 0 Å². The third-order valence-electron chi connectivity index (χ3n) is 5.17. The molecule has 0 aromatic heterocycles. The second kappa shape index (κ2) is 9.45. The predicted molar refractivity (Wildman–Crippen MR) is 111 cm³/mol. The first-order valence-electron chi connectivity index (χ1n) is 9.97. The minimum atomic E-state index is -0.495. The molecule has 3 rings (SSSR count). The van der Waals surface area contributed by atoms with Gasteiger partial charge in [0, 0.05) is 20.0 Å². The Morgan fingerprint density at radius 1 is 1.07 bits per heavy atom. The Bertz CT molecular complexity index is 864. The van der Waals surface area contributed by atoms with Crippen LogP contribution in [0.4, 0.5) is 0 Å². The van der Waals surface area contributed by atoms with Gasteiger partial charge >= 0.3 is 0 Å². The third kappa shape index (κ3) is 5.08. The molecule has 6 nitrogen and oxygen atoms in total. The Morgan fingerprint density at radius 3 is 2.45 bits per heavy atom. The summed E-state index contributed by atoms with van der Waals surface area (Å²) in [7, 11) is 1.60. The minimum Gasteiger partial charge on any atom is -0.454 e. The summed E-state index contributed by atoms with van der Waals surface area (Å²) >= 11 is 0. The van der Waals surface area contributed by atoms with Crippen molar-refractivity contribution >= 4 is 11.8 Å². The van der Waals surface area contributed by atoms with E-state index in [0.29, 0.717) is 31.6 Å². The molecule has 2 aromatic rings. The summed E-state index contributed by atoms with van der Waals surface area (Å²) in [6, 6.07) is 13.3. The first kappa shape index (κ1) is 20.7. The number of hydrogen-bond acceptors (Lipinski definition) is 4. The van der Waals surface area contributed by atoms with Crippen molar-refractivity contribution in [1.29, 1.82) is 0 Å². The van der Waals surface area contributed by atoms with E-state index in [-0.39, 0.29) is 18.6 Å². The summed E-state index contributed by atoms with van der Waals surface area (Å²) < 4.78 is 10.7. The van der Waals surface area contributed by atoms with Crippen LogP contribution in [0.2, 0.25) is 0 Å². The number of ether oxygens (including phenoxy) is 2. The van der Waals surface area contributed by atoms with E-state index < -0.39 is 6.04 Å². The SMILES string of the molecule is CC[C@H](C(=O)NC)N(Cc1ccc(C)cc1)C(=O)CCc1ccc2c(c1)OCO2. The molecule has 0 saturated carbocycles. The van der Waals surface area contributed by atoms with Crippen LogP contribution >= 0.6 is 0 Å². The standard InChI is InChI=1S/C23H28N2O4/c1-4-19(23(27)24-3)25(14-18-7-5-16(2)6-8-18)22(26)12-10-17-9-11-20-21(13-17)29-15-28-20/h5-9,11,13,19H,4,10,12,14-15H2,1-3H3,(H,24,27)/t19-/m1/s1. The molecule has 29 heavy (non-hydrogen) atoms. The molecule has 1 aliphatic rings. The highest BCUT2D eigenvalue weighted by atomic mass is 16.7. The molecule has 1 heterocycles. The summed E-state index contributed by atoms with van der Waals surface area (Å²) in [5.41, 5.74) is 3.17. The first-order chi connectivity index (χ1) is 14.0. The Hall–Kier alpha value is -3.02. The number of aryl methyl sites for hydroxylation is 2. The van der Waals surface area contributed by atoms with Crippen molar-refractivity contribution in [2.24, 2.45) is 0 Å². The number of carbonyl (C=O) groups excluding carboxylic acids is 2. The number of fused-ring (bicyclic) bond motifs is 1. The molecule has 154 valence electrons. The molecule has 0 radical (unpaired) electrons. The van der Waals surface area contributed by atoms with Crippen LogP contribution in [0, 0.1) is 6.92 Å². The highest BCUT2D eigenvalue weighted by Crippen LogP contribution is 2.32. The summed E-state index contributed by atoms with van der Waals surface area (Å²) in [5, 5.41) is 2.69. The van der Waals surface area contributed by atoms with Crippen LogP contribution in [0.1, 0.15) is 36.5 Å². The largest absolute Gasteiger partial charge is 0.454 e. The fourth-order valence-electron chi connectivity index (χ4n) is 3.47.